The highest BCUT2D eigenvalue weighted by Crippen LogP contribution is 2.43. The summed E-state index contributed by atoms with van der Waals surface area (Å²) in [5.41, 5.74) is 5.23. The first-order valence-electron chi connectivity index (χ1n) is 14.3. The second kappa shape index (κ2) is 25.8. The van der Waals surface area contributed by atoms with Crippen LogP contribution >= 0.6 is 7.82 Å². The maximum Gasteiger partial charge on any atom is 0.472 e. The molecule has 0 saturated heterocycles. The third kappa shape index (κ3) is 26.1. The summed E-state index contributed by atoms with van der Waals surface area (Å²) in [5.74, 6) is -1.03. The van der Waals surface area contributed by atoms with Crippen LogP contribution in [-0.2, 0) is 32.7 Å². The highest BCUT2D eigenvalue weighted by atomic mass is 31.2. The summed E-state index contributed by atoms with van der Waals surface area (Å²) < 4.78 is 31.3. The van der Waals surface area contributed by atoms with E-state index in [0.29, 0.717) is 6.42 Å². The van der Waals surface area contributed by atoms with Gasteiger partial charge in [0.05, 0.1) is 13.2 Å². The number of rotatable bonds is 26. The van der Waals surface area contributed by atoms with Crippen molar-refractivity contribution in [2.45, 2.75) is 116 Å². The highest BCUT2D eigenvalue weighted by Gasteiger charge is 2.25. The van der Waals surface area contributed by atoms with Gasteiger partial charge in [0, 0.05) is 19.9 Å². The van der Waals surface area contributed by atoms with Crippen molar-refractivity contribution in [2.24, 2.45) is 5.73 Å². The minimum absolute atomic E-state index is 0.0501. The largest absolute Gasteiger partial charge is 0.472 e. The molecular formula is C28H52NO8P. The molecule has 10 heteroatoms. The first kappa shape index (κ1) is 36.5. The number of phosphoric acid groups is 1. The lowest BCUT2D eigenvalue weighted by molar-refractivity contribution is -0.160. The van der Waals surface area contributed by atoms with Gasteiger partial charge in [-0.25, -0.2) is 4.57 Å². The van der Waals surface area contributed by atoms with Crippen LogP contribution in [0.5, 0.6) is 0 Å². The molecule has 0 aromatic heterocycles. The van der Waals surface area contributed by atoms with E-state index >= 15 is 0 Å². The van der Waals surface area contributed by atoms with Crippen LogP contribution in [0.1, 0.15) is 110 Å². The van der Waals surface area contributed by atoms with Crippen molar-refractivity contribution in [3.05, 3.63) is 24.3 Å². The molecule has 2 atom stereocenters. The van der Waals surface area contributed by atoms with E-state index in [9.17, 15) is 19.0 Å². The summed E-state index contributed by atoms with van der Waals surface area (Å²) in [6, 6.07) is 0. The van der Waals surface area contributed by atoms with Gasteiger partial charge < -0.3 is 20.1 Å². The number of allylic oxidation sites excluding steroid dienone is 4. The van der Waals surface area contributed by atoms with Crippen molar-refractivity contribution in [3.63, 3.8) is 0 Å². The van der Waals surface area contributed by atoms with Gasteiger partial charge in [0.1, 0.15) is 6.61 Å². The fourth-order valence-electron chi connectivity index (χ4n) is 3.57. The molecule has 222 valence electrons. The van der Waals surface area contributed by atoms with Crippen molar-refractivity contribution >= 4 is 19.8 Å². The normalized spacial score (nSPS) is 14.1. The molecule has 0 heterocycles. The number of esters is 2. The Bertz CT molecular complexity index is 698. The van der Waals surface area contributed by atoms with Crippen LogP contribution in [0.25, 0.3) is 0 Å². The second-order valence-corrected chi connectivity index (χ2v) is 10.8. The number of hydrogen-bond donors (Lipinski definition) is 2. The number of hydrogen-bond acceptors (Lipinski definition) is 8. The monoisotopic (exact) mass is 561 g/mol. The summed E-state index contributed by atoms with van der Waals surface area (Å²) in [4.78, 5) is 32.8. The molecule has 2 unspecified atom stereocenters. The van der Waals surface area contributed by atoms with Crippen LogP contribution in [0.15, 0.2) is 24.3 Å². The lowest BCUT2D eigenvalue weighted by atomic mass is 10.1. The van der Waals surface area contributed by atoms with Crippen molar-refractivity contribution in [2.75, 3.05) is 26.4 Å². The van der Waals surface area contributed by atoms with Gasteiger partial charge in [0.25, 0.3) is 0 Å². The zero-order chi connectivity index (χ0) is 28.3. The molecule has 0 rings (SSSR count). The number of nitrogens with two attached hydrogens (primary N) is 1. The third-order valence-corrected chi connectivity index (χ3v) is 6.63. The molecule has 0 saturated carbocycles. The van der Waals surface area contributed by atoms with Gasteiger partial charge in [-0.3, -0.25) is 18.6 Å². The summed E-state index contributed by atoms with van der Waals surface area (Å²) >= 11 is 0. The Labute approximate surface area is 230 Å². The van der Waals surface area contributed by atoms with Crippen LogP contribution in [0.4, 0.5) is 0 Å². The van der Waals surface area contributed by atoms with Crippen LogP contribution < -0.4 is 5.73 Å². The van der Waals surface area contributed by atoms with Gasteiger partial charge >= 0.3 is 19.8 Å². The van der Waals surface area contributed by atoms with Gasteiger partial charge in [-0.05, 0) is 38.5 Å². The number of ether oxygens (including phenoxy) is 2. The van der Waals surface area contributed by atoms with Crippen molar-refractivity contribution in [1.29, 1.82) is 0 Å². The molecule has 38 heavy (non-hydrogen) atoms. The lowest BCUT2D eigenvalue weighted by Gasteiger charge is -2.19. The first-order chi connectivity index (χ1) is 18.3. The third-order valence-electron chi connectivity index (χ3n) is 5.65. The van der Waals surface area contributed by atoms with Crippen LogP contribution in [0, 0.1) is 0 Å². The minimum atomic E-state index is -4.33. The minimum Gasteiger partial charge on any atom is -0.462 e. The highest BCUT2D eigenvalue weighted by molar-refractivity contribution is 7.47. The molecule has 0 aromatic carbocycles. The Morgan fingerprint density at radius 2 is 1.42 bits per heavy atom. The average molecular weight is 562 g/mol. The SMILES string of the molecule is CCCCCC/C=C\C/C=C\CCCCCCCCCC(=O)OC(COC(C)=O)COP(=O)(O)OCCN. The number of phosphoric ester groups is 1. The molecule has 0 fully saturated rings. The first-order valence-corrected chi connectivity index (χ1v) is 15.7. The fourth-order valence-corrected chi connectivity index (χ4v) is 4.33. The van der Waals surface area contributed by atoms with Gasteiger partial charge in [-0.15, -0.1) is 0 Å². The summed E-state index contributed by atoms with van der Waals surface area (Å²) in [5, 5.41) is 0. The van der Waals surface area contributed by atoms with Crippen LogP contribution in [0.2, 0.25) is 0 Å². The summed E-state index contributed by atoms with van der Waals surface area (Å²) in [6.07, 6.45) is 24.3. The van der Waals surface area contributed by atoms with Gasteiger partial charge in [0.15, 0.2) is 6.10 Å². The molecule has 0 amide bonds. The summed E-state index contributed by atoms with van der Waals surface area (Å²) in [7, 11) is -4.33. The van der Waals surface area contributed by atoms with Crippen molar-refractivity contribution < 1.29 is 37.6 Å². The molecular weight excluding hydrogens is 509 g/mol. The van der Waals surface area contributed by atoms with Gasteiger partial charge in [0.2, 0.25) is 0 Å². The Balaban J connectivity index is 3.86. The van der Waals surface area contributed by atoms with E-state index in [0.717, 1.165) is 32.1 Å². The van der Waals surface area contributed by atoms with E-state index in [1.807, 2.05) is 0 Å². The molecule has 9 nitrogen and oxygen atoms in total. The van der Waals surface area contributed by atoms with E-state index in [1.54, 1.807) is 0 Å². The number of unbranched alkanes of at least 4 members (excludes halogenated alkanes) is 11. The molecule has 3 N–H and O–H groups in total. The van der Waals surface area contributed by atoms with Gasteiger partial charge in [-0.2, -0.15) is 0 Å². The number of carbonyl (C=O) groups is 2. The maximum atomic E-state index is 12.2. The van der Waals surface area contributed by atoms with E-state index in [1.165, 1.54) is 58.3 Å². The second-order valence-electron chi connectivity index (χ2n) is 9.34. The fraction of sp³-hybridized carbons (Fsp3) is 0.786. The number of carbonyl (C=O) groups excluding carboxylic acids is 2. The molecule has 0 aliphatic heterocycles. The van der Waals surface area contributed by atoms with Gasteiger partial charge in [-0.1, -0.05) is 82.6 Å². The van der Waals surface area contributed by atoms with Crippen LogP contribution in [0.3, 0.4) is 0 Å². The predicted octanol–water partition coefficient (Wildman–Crippen LogP) is 6.54. The van der Waals surface area contributed by atoms with E-state index < -0.39 is 32.5 Å². The van der Waals surface area contributed by atoms with Crippen molar-refractivity contribution in [3.8, 4) is 0 Å². The maximum absolute atomic E-state index is 12.2. The average Bonchev–Trinajstić information content (AvgIpc) is 2.88. The Hall–Kier alpha value is -1.51. The molecule has 0 radical (unpaired) electrons. The smallest absolute Gasteiger partial charge is 0.462 e. The lowest BCUT2D eigenvalue weighted by Crippen LogP contribution is -2.29. The molecule has 0 spiro atoms. The van der Waals surface area contributed by atoms with E-state index in [4.69, 9.17) is 19.7 Å². The molecule has 0 aliphatic carbocycles. The molecule has 0 aromatic rings. The zero-order valence-corrected chi connectivity index (χ0v) is 24.5. The molecule has 0 aliphatic rings. The van der Waals surface area contributed by atoms with Crippen LogP contribution in [-0.4, -0.2) is 49.3 Å². The predicted molar refractivity (Wildman–Crippen MR) is 151 cm³/mol. The van der Waals surface area contributed by atoms with Crippen molar-refractivity contribution in [1.82, 2.24) is 0 Å². The van der Waals surface area contributed by atoms with E-state index in [2.05, 4.69) is 35.8 Å². The summed E-state index contributed by atoms with van der Waals surface area (Å²) in [6.45, 7) is 2.63. The Morgan fingerprint density at radius 3 is 2.00 bits per heavy atom. The zero-order valence-electron chi connectivity index (χ0n) is 23.7. The van der Waals surface area contributed by atoms with E-state index in [-0.39, 0.29) is 26.2 Å². The topological polar surface area (TPSA) is 134 Å². The Morgan fingerprint density at radius 1 is 0.842 bits per heavy atom. The Kier molecular flexibility index (Phi) is 24.7. The standard InChI is InChI=1S/C28H52NO8P/c1-3-4-5-6-7-8-9-10-11-12-13-14-15-16-17-18-19-20-21-28(31)37-27(24-34-26(2)30)25-36-38(32,33)35-23-22-29/h8-9,11-12,27H,3-7,10,13-25,29H2,1-2H3,(H,32,33)/b9-8-,12-11-. The quantitative estimate of drug-likeness (QED) is 0.0522. The molecule has 0 bridgehead atoms.